The lowest BCUT2D eigenvalue weighted by Gasteiger charge is -2.27. The molecule has 5 nitrogen and oxygen atoms in total. The summed E-state index contributed by atoms with van der Waals surface area (Å²) in [6.45, 7) is 8.64. The van der Waals surface area contributed by atoms with Crippen molar-refractivity contribution in [2.24, 2.45) is 0 Å². The Hall–Kier alpha value is -2.92. The Balaban J connectivity index is 2.40. The van der Waals surface area contributed by atoms with Gasteiger partial charge in [0.15, 0.2) is 5.78 Å². The van der Waals surface area contributed by atoms with Crippen molar-refractivity contribution in [1.82, 2.24) is 4.90 Å². The van der Waals surface area contributed by atoms with E-state index in [-0.39, 0.29) is 17.3 Å². The number of amides is 1. The molecule has 0 atom stereocenters. The van der Waals surface area contributed by atoms with Crippen molar-refractivity contribution in [2.45, 2.75) is 20.8 Å². The lowest BCUT2D eigenvalue weighted by atomic mass is 10.0. The van der Waals surface area contributed by atoms with E-state index in [1.165, 1.54) is 6.92 Å². The van der Waals surface area contributed by atoms with Gasteiger partial charge in [0, 0.05) is 24.5 Å². The number of Topliss-reactive ketones (excluding diaryl/α,β-unsaturated/α-hetero) is 1. The van der Waals surface area contributed by atoms with Crippen molar-refractivity contribution >= 4 is 29.1 Å². The Morgan fingerprint density at radius 3 is 2.11 bits per heavy atom. The van der Waals surface area contributed by atoms with E-state index in [4.69, 9.17) is 5.73 Å². The van der Waals surface area contributed by atoms with Gasteiger partial charge in [-0.25, -0.2) is 0 Å². The van der Waals surface area contributed by atoms with Crippen LogP contribution in [-0.4, -0.2) is 42.8 Å². The van der Waals surface area contributed by atoms with Crippen LogP contribution in [0.1, 0.15) is 26.3 Å². The number of nitrogen functional groups attached to an aromatic ring is 1. The average molecular weight is 380 g/mol. The second-order valence-electron chi connectivity index (χ2n) is 6.56. The van der Waals surface area contributed by atoms with Crippen molar-refractivity contribution in [3.05, 3.63) is 65.7 Å². The lowest BCUT2D eigenvalue weighted by Crippen LogP contribution is -2.40. The van der Waals surface area contributed by atoms with Gasteiger partial charge in [0.05, 0.1) is 5.57 Å². The monoisotopic (exact) mass is 379 g/mol. The first kappa shape index (κ1) is 21.4. The predicted octanol–water partition coefficient (Wildman–Crippen LogP) is 3.62. The molecule has 1 amide bonds. The van der Waals surface area contributed by atoms with Crippen molar-refractivity contribution < 1.29 is 9.59 Å². The van der Waals surface area contributed by atoms with Gasteiger partial charge in [0.2, 0.25) is 0 Å². The molecule has 28 heavy (non-hydrogen) atoms. The standard InChI is InChI=1S/C23H29N3O2/c1-4-25(5-2)15-16-26(20-12-7-6-8-13-20)23(28)21(18(3)27)17-19-11-9-10-14-22(19)24/h6-14,17H,4-5,15-16,24H2,1-3H3. The van der Waals surface area contributed by atoms with Gasteiger partial charge < -0.3 is 15.5 Å². The fraction of sp³-hybridized carbons (Fsp3) is 0.304. The average Bonchev–Trinajstić information content (AvgIpc) is 2.71. The van der Waals surface area contributed by atoms with Crippen LogP contribution in [0.15, 0.2) is 60.2 Å². The molecule has 5 heteroatoms. The van der Waals surface area contributed by atoms with Crippen LogP contribution in [0, 0.1) is 0 Å². The molecule has 0 aliphatic heterocycles. The van der Waals surface area contributed by atoms with Crippen LogP contribution >= 0.6 is 0 Å². The third-order valence-corrected chi connectivity index (χ3v) is 4.75. The minimum absolute atomic E-state index is 0.126. The molecule has 2 N–H and O–H groups in total. The minimum Gasteiger partial charge on any atom is -0.398 e. The molecule has 0 spiro atoms. The summed E-state index contributed by atoms with van der Waals surface area (Å²) in [4.78, 5) is 29.6. The summed E-state index contributed by atoms with van der Waals surface area (Å²) in [5, 5.41) is 0. The molecular weight excluding hydrogens is 350 g/mol. The minimum atomic E-state index is -0.311. The highest BCUT2D eigenvalue weighted by Crippen LogP contribution is 2.20. The van der Waals surface area contributed by atoms with Gasteiger partial charge in [0.1, 0.15) is 0 Å². The number of hydrogen-bond acceptors (Lipinski definition) is 4. The first-order valence-electron chi connectivity index (χ1n) is 9.64. The fourth-order valence-corrected chi connectivity index (χ4v) is 2.99. The van der Waals surface area contributed by atoms with Crippen LogP contribution in [0.4, 0.5) is 11.4 Å². The molecule has 0 fully saturated rings. The summed E-state index contributed by atoms with van der Waals surface area (Å²) in [6.07, 6.45) is 1.59. The van der Waals surface area contributed by atoms with Crippen LogP contribution < -0.4 is 10.6 Å². The number of ketones is 1. The normalized spacial score (nSPS) is 11.5. The molecular formula is C23H29N3O2. The molecule has 0 aliphatic rings. The number of anilines is 2. The summed E-state index contributed by atoms with van der Waals surface area (Å²) < 4.78 is 0. The van der Waals surface area contributed by atoms with Crippen molar-refractivity contribution in [1.29, 1.82) is 0 Å². The highest BCUT2D eigenvalue weighted by Gasteiger charge is 2.23. The van der Waals surface area contributed by atoms with Crippen molar-refractivity contribution in [3.63, 3.8) is 0 Å². The molecule has 0 heterocycles. The van der Waals surface area contributed by atoms with Crippen molar-refractivity contribution in [2.75, 3.05) is 36.8 Å². The number of carbonyl (C=O) groups excluding carboxylic acids is 2. The van der Waals surface area contributed by atoms with Crippen LogP contribution in [0.2, 0.25) is 0 Å². The number of hydrogen-bond donors (Lipinski definition) is 1. The number of likely N-dealkylation sites (N-methyl/N-ethyl adjacent to an activating group) is 1. The molecule has 0 radical (unpaired) electrons. The number of para-hydroxylation sites is 2. The van der Waals surface area contributed by atoms with Crippen LogP contribution in [0.5, 0.6) is 0 Å². The molecule has 0 saturated heterocycles. The van der Waals surface area contributed by atoms with E-state index < -0.39 is 0 Å². The predicted molar refractivity (Wildman–Crippen MR) is 116 cm³/mol. The van der Waals surface area contributed by atoms with Gasteiger partial charge in [-0.3, -0.25) is 9.59 Å². The van der Waals surface area contributed by atoms with Crippen LogP contribution in [0.3, 0.4) is 0 Å². The Morgan fingerprint density at radius 2 is 1.54 bits per heavy atom. The van der Waals surface area contributed by atoms with Crippen LogP contribution in [-0.2, 0) is 9.59 Å². The molecule has 2 aromatic carbocycles. The molecule has 0 unspecified atom stereocenters. The van der Waals surface area contributed by atoms with E-state index in [0.717, 1.165) is 25.3 Å². The lowest BCUT2D eigenvalue weighted by molar-refractivity contribution is -0.120. The van der Waals surface area contributed by atoms with E-state index in [1.54, 1.807) is 23.1 Å². The maximum Gasteiger partial charge on any atom is 0.261 e. The highest BCUT2D eigenvalue weighted by atomic mass is 16.2. The Kier molecular flexibility index (Phi) is 7.96. The smallest absolute Gasteiger partial charge is 0.261 e. The summed E-state index contributed by atoms with van der Waals surface area (Å²) >= 11 is 0. The number of nitrogens with zero attached hydrogens (tertiary/aromatic N) is 2. The van der Waals surface area contributed by atoms with E-state index in [1.807, 2.05) is 42.5 Å². The zero-order valence-corrected chi connectivity index (χ0v) is 16.9. The third-order valence-electron chi connectivity index (χ3n) is 4.75. The van der Waals surface area contributed by atoms with Gasteiger partial charge in [-0.2, -0.15) is 0 Å². The van der Waals surface area contributed by atoms with Gasteiger partial charge in [0.25, 0.3) is 5.91 Å². The summed E-state index contributed by atoms with van der Waals surface area (Å²) in [5.74, 6) is -0.592. The summed E-state index contributed by atoms with van der Waals surface area (Å²) in [6, 6.07) is 16.7. The first-order chi connectivity index (χ1) is 13.5. The van der Waals surface area contributed by atoms with E-state index in [0.29, 0.717) is 17.8 Å². The quantitative estimate of drug-likeness (QED) is 0.313. The Bertz CT molecular complexity index is 827. The van der Waals surface area contributed by atoms with E-state index in [2.05, 4.69) is 18.7 Å². The van der Waals surface area contributed by atoms with Crippen LogP contribution in [0.25, 0.3) is 6.08 Å². The van der Waals surface area contributed by atoms with Gasteiger partial charge in [-0.15, -0.1) is 0 Å². The zero-order valence-electron chi connectivity index (χ0n) is 16.9. The van der Waals surface area contributed by atoms with Gasteiger partial charge in [-0.1, -0.05) is 50.2 Å². The Morgan fingerprint density at radius 1 is 0.929 bits per heavy atom. The van der Waals surface area contributed by atoms with Gasteiger partial charge in [-0.05, 0) is 49.9 Å². The molecule has 2 aromatic rings. The number of rotatable bonds is 9. The molecule has 2 rings (SSSR count). The zero-order chi connectivity index (χ0) is 20.5. The maximum absolute atomic E-state index is 13.4. The van der Waals surface area contributed by atoms with Crippen molar-refractivity contribution in [3.8, 4) is 0 Å². The Labute approximate surface area is 167 Å². The topological polar surface area (TPSA) is 66.6 Å². The van der Waals surface area contributed by atoms with E-state index >= 15 is 0 Å². The fourth-order valence-electron chi connectivity index (χ4n) is 2.99. The molecule has 0 aromatic heterocycles. The third kappa shape index (κ3) is 5.54. The molecule has 148 valence electrons. The number of carbonyl (C=O) groups is 2. The second-order valence-corrected chi connectivity index (χ2v) is 6.56. The number of benzene rings is 2. The van der Waals surface area contributed by atoms with E-state index in [9.17, 15) is 9.59 Å². The summed E-state index contributed by atoms with van der Waals surface area (Å²) in [5.41, 5.74) is 8.10. The molecule has 0 bridgehead atoms. The maximum atomic E-state index is 13.4. The summed E-state index contributed by atoms with van der Waals surface area (Å²) in [7, 11) is 0. The molecule has 0 saturated carbocycles. The number of nitrogens with two attached hydrogens (primary N) is 1. The molecule has 0 aliphatic carbocycles. The highest BCUT2D eigenvalue weighted by molar-refractivity contribution is 6.26. The van der Waals surface area contributed by atoms with Gasteiger partial charge >= 0.3 is 0 Å². The largest absolute Gasteiger partial charge is 0.398 e. The SMILES string of the molecule is CCN(CC)CCN(C(=O)C(=Cc1ccccc1N)C(C)=O)c1ccccc1. The first-order valence-corrected chi connectivity index (χ1v) is 9.64. The second kappa shape index (κ2) is 10.4.